The summed E-state index contributed by atoms with van der Waals surface area (Å²) in [5.41, 5.74) is 4.44. The van der Waals surface area contributed by atoms with Gasteiger partial charge in [0.05, 0.1) is 18.9 Å². The van der Waals surface area contributed by atoms with E-state index in [-0.39, 0.29) is 13.2 Å². The molecule has 192 valence electrons. The Labute approximate surface area is 206 Å². The van der Waals surface area contributed by atoms with Gasteiger partial charge < -0.3 is 34.6 Å². The van der Waals surface area contributed by atoms with Crippen LogP contribution in [-0.2, 0) is 9.47 Å². The Kier molecular flexibility index (Phi) is 9.80. The zero-order chi connectivity index (χ0) is 25.5. The second kappa shape index (κ2) is 12.6. The maximum atomic E-state index is 10.0. The molecule has 0 aliphatic carbocycles. The molecule has 0 saturated carbocycles. The largest absolute Gasteiger partial charge is 0.491 e. The molecule has 1 fully saturated rings. The van der Waals surface area contributed by atoms with Crippen molar-refractivity contribution in [2.24, 2.45) is 4.99 Å². The van der Waals surface area contributed by atoms with Gasteiger partial charge in [0.15, 0.2) is 6.29 Å². The monoisotopic (exact) mass is 487 g/mol. The van der Waals surface area contributed by atoms with Crippen LogP contribution in [-0.4, -0.2) is 77.2 Å². The first-order chi connectivity index (χ1) is 16.7. The third kappa shape index (κ3) is 6.88. The third-order valence-electron chi connectivity index (χ3n) is 6.05. The quantitative estimate of drug-likeness (QED) is 0.300. The molecule has 2 aromatic rings. The Hall–Kier alpha value is -2.33. The van der Waals surface area contributed by atoms with Gasteiger partial charge in [-0.25, -0.2) is 0 Å². The van der Waals surface area contributed by atoms with Gasteiger partial charge in [0.2, 0.25) is 0 Å². The van der Waals surface area contributed by atoms with E-state index in [1.54, 1.807) is 0 Å². The fraction of sp³-hybridized carbons (Fsp3) is 0.519. The highest BCUT2D eigenvalue weighted by molar-refractivity contribution is 5.83. The van der Waals surface area contributed by atoms with E-state index in [9.17, 15) is 20.4 Å². The van der Waals surface area contributed by atoms with Gasteiger partial charge in [-0.2, -0.15) is 0 Å². The van der Waals surface area contributed by atoms with Crippen molar-refractivity contribution in [2.75, 3.05) is 19.8 Å². The van der Waals surface area contributed by atoms with E-state index in [0.717, 1.165) is 11.3 Å². The first-order valence-corrected chi connectivity index (χ1v) is 12.0. The highest BCUT2D eigenvalue weighted by Gasteiger charge is 2.43. The van der Waals surface area contributed by atoms with Gasteiger partial charge in [0, 0.05) is 6.21 Å². The molecule has 2 unspecified atom stereocenters. The molecule has 5 atom stereocenters. The van der Waals surface area contributed by atoms with Gasteiger partial charge in [0.1, 0.15) is 36.8 Å². The fourth-order valence-electron chi connectivity index (χ4n) is 3.98. The van der Waals surface area contributed by atoms with Gasteiger partial charge in [-0.15, -0.1) is 0 Å². The minimum absolute atomic E-state index is 0.0792. The van der Waals surface area contributed by atoms with Gasteiger partial charge >= 0.3 is 0 Å². The summed E-state index contributed by atoms with van der Waals surface area (Å²) in [7, 11) is 0. The summed E-state index contributed by atoms with van der Waals surface area (Å²) < 4.78 is 16.4. The summed E-state index contributed by atoms with van der Waals surface area (Å²) in [6.45, 7) is 8.45. The Balaban J connectivity index is 1.55. The number of aliphatic hydroxyl groups is 4. The van der Waals surface area contributed by atoms with Crippen LogP contribution in [0.4, 0.5) is 5.69 Å². The van der Waals surface area contributed by atoms with Gasteiger partial charge in [-0.1, -0.05) is 45.9 Å². The van der Waals surface area contributed by atoms with Crippen molar-refractivity contribution >= 4 is 11.9 Å². The van der Waals surface area contributed by atoms with Crippen LogP contribution in [0.2, 0.25) is 0 Å². The van der Waals surface area contributed by atoms with E-state index < -0.39 is 37.3 Å². The number of hydrogen-bond donors (Lipinski definition) is 4. The standard InChI is InChI=1S/C27H37NO7/c1-16(2)20-6-5-7-21(17(3)4)23(20)28-14-18-8-10-19(11-9-18)33-12-13-34-27-26(32)25(31)24(30)22(15-29)35-27/h5-11,14,16-17,22,24-27,29-32H,12-13,15H2,1-4H3/t22?,24-,25+,26?,27-/m1/s1. The Morgan fingerprint density at radius 2 is 1.51 bits per heavy atom. The summed E-state index contributed by atoms with van der Waals surface area (Å²) in [5.74, 6) is 1.40. The molecule has 0 amide bonds. The Bertz CT molecular complexity index is 932. The van der Waals surface area contributed by atoms with Crippen LogP contribution in [0.1, 0.15) is 56.2 Å². The number of nitrogens with zero attached hydrogens (tertiary/aromatic N) is 1. The van der Waals surface area contributed by atoms with E-state index in [2.05, 4.69) is 45.9 Å². The number of aliphatic imine (C=N–C) groups is 1. The van der Waals surface area contributed by atoms with Crippen LogP contribution in [0.5, 0.6) is 5.75 Å². The topological polar surface area (TPSA) is 121 Å². The van der Waals surface area contributed by atoms with Crippen molar-refractivity contribution in [3.63, 3.8) is 0 Å². The minimum atomic E-state index is -1.47. The molecule has 1 heterocycles. The lowest BCUT2D eigenvalue weighted by Gasteiger charge is -2.39. The minimum Gasteiger partial charge on any atom is -0.491 e. The first kappa shape index (κ1) is 27.3. The molecule has 0 aromatic heterocycles. The molecule has 0 spiro atoms. The summed E-state index contributed by atoms with van der Waals surface area (Å²) in [4.78, 5) is 4.83. The van der Waals surface area contributed by atoms with Crippen molar-refractivity contribution < 1.29 is 34.6 Å². The lowest BCUT2D eigenvalue weighted by Crippen LogP contribution is -2.59. The molecular formula is C27H37NO7. The number of ether oxygens (including phenoxy) is 3. The van der Waals surface area contributed by atoms with Gasteiger partial charge in [-0.05, 0) is 52.8 Å². The molecule has 0 bridgehead atoms. The van der Waals surface area contributed by atoms with Crippen molar-refractivity contribution in [1.29, 1.82) is 0 Å². The van der Waals surface area contributed by atoms with E-state index in [1.165, 1.54) is 11.1 Å². The third-order valence-corrected chi connectivity index (χ3v) is 6.05. The average molecular weight is 488 g/mol. The van der Waals surface area contributed by atoms with E-state index >= 15 is 0 Å². The van der Waals surface area contributed by atoms with Crippen molar-refractivity contribution in [3.8, 4) is 5.75 Å². The second-order valence-corrected chi connectivity index (χ2v) is 9.34. The highest BCUT2D eigenvalue weighted by Crippen LogP contribution is 2.34. The molecule has 8 heteroatoms. The summed E-state index contributed by atoms with van der Waals surface area (Å²) in [6.07, 6.45) is -4.62. The summed E-state index contributed by atoms with van der Waals surface area (Å²) in [6, 6.07) is 13.9. The van der Waals surface area contributed by atoms with Crippen LogP contribution < -0.4 is 4.74 Å². The second-order valence-electron chi connectivity index (χ2n) is 9.34. The zero-order valence-electron chi connectivity index (χ0n) is 20.7. The van der Waals surface area contributed by atoms with E-state index in [4.69, 9.17) is 19.2 Å². The predicted octanol–water partition coefficient (Wildman–Crippen LogP) is 2.88. The maximum Gasteiger partial charge on any atom is 0.186 e. The Morgan fingerprint density at radius 1 is 0.886 bits per heavy atom. The van der Waals surface area contributed by atoms with E-state index in [1.807, 2.05) is 30.5 Å². The van der Waals surface area contributed by atoms with Crippen LogP contribution in [0.15, 0.2) is 47.5 Å². The molecule has 3 rings (SSSR count). The van der Waals surface area contributed by atoms with E-state index in [0.29, 0.717) is 17.6 Å². The van der Waals surface area contributed by atoms with Crippen LogP contribution >= 0.6 is 0 Å². The summed E-state index contributed by atoms with van der Waals surface area (Å²) in [5, 5.41) is 38.9. The number of rotatable bonds is 10. The smallest absolute Gasteiger partial charge is 0.186 e. The molecule has 1 saturated heterocycles. The molecule has 2 aromatic carbocycles. The first-order valence-electron chi connectivity index (χ1n) is 12.0. The number of hydrogen-bond acceptors (Lipinski definition) is 8. The molecular weight excluding hydrogens is 450 g/mol. The highest BCUT2D eigenvalue weighted by atomic mass is 16.7. The van der Waals surface area contributed by atoms with Crippen molar-refractivity contribution in [3.05, 3.63) is 59.2 Å². The fourth-order valence-corrected chi connectivity index (χ4v) is 3.98. The van der Waals surface area contributed by atoms with Crippen LogP contribution in [0, 0.1) is 0 Å². The number of para-hydroxylation sites is 1. The predicted molar refractivity (Wildman–Crippen MR) is 134 cm³/mol. The van der Waals surface area contributed by atoms with Crippen molar-refractivity contribution in [2.45, 2.75) is 70.2 Å². The van der Waals surface area contributed by atoms with Crippen LogP contribution in [0.25, 0.3) is 0 Å². The lowest BCUT2D eigenvalue weighted by atomic mass is 9.93. The normalized spacial score (nSPS) is 25.0. The maximum absolute atomic E-state index is 10.0. The molecule has 4 N–H and O–H groups in total. The molecule has 1 aliphatic heterocycles. The molecule has 0 radical (unpaired) electrons. The molecule has 8 nitrogen and oxygen atoms in total. The van der Waals surface area contributed by atoms with Gasteiger partial charge in [-0.3, -0.25) is 4.99 Å². The van der Waals surface area contributed by atoms with Gasteiger partial charge in [0.25, 0.3) is 0 Å². The lowest BCUT2D eigenvalue weighted by molar-refractivity contribution is -0.301. The van der Waals surface area contributed by atoms with Crippen molar-refractivity contribution in [1.82, 2.24) is 0 Å². The summed E-state index contributed by atoms with van der Waals surface area (Å²) >= 11 is 0. The van der Waals surface area contributed by atoms with Crippen LogP contribution in [0.3, 0.4) is 0 Å². The molecule has 1 aliphatic rings. The number of benzene rings is 2. The Morgan fingerprint density at radius 3 is 2.09 bits per heavy atom. The zero-order valence-corrected chi connectivity index (χ0v) is 20.7. The SMILES string of the molecule is CC(C)c1cccc(C(C)C)c1N=Cc1ccc(OCCO[C@@H]2OC(CO)[C@@H](O)[C@H](O)C2O)cc1. The molecule has 35 heavy (non-hydrogen) atoms. The number of aliphatic hydroxyl groups excluding tert-OH is 4. The average Bonchev–Trinajstić information content (AvgIpc) is 2.85.